The Morgan fingerprint density at radius 1 is 0.576 bits per heavy atom. The largest absolute Gasteiger partial charge is 0.493 e. The summed E-state index contributed by atoms with van der Waals surface area (Å²) in [5, 5.41) is 0. The molecule has 0 aliphatic heterocycles. The quantitative estimate of drug-likeness (QED) is 0.350. The van der Waals surface area contributed by atoms with Gasteiger partial charge in [-0.2, -0.15) is 0 Å². The molecule has 0 N–H and O–H groups in total. The Balaban J connectivity index is 2.10. The van der Waals surface area contributed by atoms with E-state index in [0.717, 1.165) is 0 Å². The van der Waals surface area contributed by atoms with Crippen LogP contribution in [-0.4, -0.2) is 54.2 Å². The fourth-order valence-corrected chi connectivity index (χ4v) is 3.06. The van der Waals surface area contributed by atoms with Crippen LogP contribution >= 0.6 is 0 Å². The Hall–Kier alpha value is -3.94. The van der Waals surface area contributed by atoms with Crippen LogP contribution in [0, 0.1) is 0 Å². The summed E-state index contributed by atoms with van der Waals surface area (Å²) >= 11 is 0. The first-order valence-electron chi connectivity index (χ1n) is 9.92. The summed E-state index contributed by atoms with van der Waals surface area (Å²) in [6.45, 7) is 0. The highest BCUT2D eigenvalue weighted by Crippen LogP contribution is 2.39. The first-order valence-corrected chi connectivity index (χ1v) is 9.92. The first kappa shape index (κ1) is 25.3. The van der Waals surface area contributed by atoms with Crippen LogP contribution in [0.2, 0.25) is 0 Å². The van der Waals surface area contributed by atoms with Gasteiger partial charge in [0, 0.05) is 0 Å². The van der Waals surface area contributed by atoms with Crippen molar-refractivity contribution in [2.45, 2.75) is 6.42 Å². The molecule has 8 heteroatoms. The number of rotatable bonds is 12. The van der Waals surface area contributed by atoms with Gasteiger partial charge in [0.1, 0.15) is 0 Å². The van der Waals surface area contributed by atoms with Crippen LogP contribution < -0.4 is 28.4 Å². The molecule has 0 spiro atoms. The van der Waals surface area contributed by atoms with Crippen LogP contribution in [0.1, 0.15) is 17.5 Å². The van der Waals surface area contributed by atoms with E-state index in [0.29, 0.717) is 45.6 Å². The predicted molar refractivity (Wildman–Crippen MR) is 125 cm³/mol. The number of ether oxygens (including phenoxy) is 6. The van der Waals surface area contributed by atoms with Gasteiger partial charge >= 0.3 is 0 Å². The third-order valence-corrected chi connectivity index (χ3v) is 4.65. The molecule has 0 radical (unpaired) electrons. The Morgan fingerprint density at radius 2 is 0.879 bits per heavy atom. The summed E-state index contributed by atoms with van der Waals surface area (Å²) in [5.41, 5.74) is 1.33. The third-order valence-electron chi connectivity index (χ3n) is 4.65. The number of methoxy groups -OCH3 is 6. The monoisotopic (exact) mass is 456 g/mol. The molecule has 0 heterocycles. The maximum Gasteiger partial charge on any atom is 0.203 e. The van der Waals surface area contributed by atoms with Crippen molar-refractivity contribution in [2.24, 2.45) is 0 Å². The number of allylic oxidation sites excluding steroid dienone is 2. The van der Waals surface area contributed by atoms with E-state index in [1.54, 1.807) is 36.4 Å². The second-order valence-electron chi connectivity index (χ2n) is 6.69. The van der Waals surface area contributed by atoms with Gasteiger partial charge in [0.05, 0.1) is 49.1 Å². The molecule has 0 bridgehead atoms. The minimum Gasteiger partial charge on any atom is -0.493 e. The van der Waals surface area contributed by atoms with Gasteiger partial charge in [0.2, 0.25) is 11.5 Å². The van der Waals surface area contributed by atoms with E-state index >= 15 is 0 Å². The van der Waals surface area contributed by atoms with E-state index in [1.165, 1.54) is 54.8 Å². The van der Waals surface area contributed by atoms with Crippen molar-refractivity contribution in [3.63, 3.8) is 0 Å². The Morgan fingerprint density at radius 3 is 1.12 bits per heavy atom. The van der Waals surface area contributed by atoms with Crippen molar-refractivity contribution in [2.75, 3.05) is 42.7 Å². The van der Waals surface area contributed by atoms with E-state index in [-0.39, 0.29) is 18.0 Å². The normalized spacial score (nSPS) is 10.8. The predicted octanol–water partition coefficient (Wildman–Crippen LogP) is 3.99. The molecule has 0 fully saturated rings. The lowest BCUT2D eigenvalue weighted by atomic mass is 10.1. The summed E-state index contributed by atoms with van der Waals surface area (Å²) in [7, 11) is 9.06. The van der Waals surface area contributed by atoms with E-state index in [2.05, 4.69) is 0 Å². The van der Waals surface area contributed by atoms with Gasteiger partial charge < -0.3 is 28.4 Å². The van der Waals surface area contributed by atoms with Gasteiger partial charge in [-0.1, -0.05) is 12.2 Å². The first-order chi connectivity index (χ1) is 15.9. The molecule has 0 saturated carbocycles. The van der Waals surface area contributed by atoms with Crippen LogP contribution in [0.15, 0.2) is 36.4 Å². The van der Waals surface area contributed by atoms with Crippen LogP contribution in [0.25, 0.3) is 12.2 Å². The molecule has 0 aromatic heterocycles. The van der Waals surface area contributed by atoms with Gasteiger partial charge in [0.25, 0.3) is 0 Å². The molecule has 176 valence electrons. The van der Waals surface area contributed by atoms with Crippen molar-refractivity contribution in [3.05, 3.63) is 47.5 Å². The van der Waals surface area contributed by atoms with Gasteiger partial charge in [-0.25, -0.2) is 0 Å². The third kappa shape index (κ3) is 6.52. The van der Waals surface area contributed by atoms with Crippen molar-refractivity contribution >= 4 is 23.7 Å². The molecular formula is C25H28O8. The lowest BCUT2D eigenvalue weighted by Gasteiger charge is -2.12. The molecule has 8 nitrogen and oxygen atoms in total. The summed E-state index contributed by atoms with van der Waals surface area (Å²) in [5.74, 6) is 2.08. The minimum absolute atomic E-state index is 0.276. The maximum atomic E-state index is 12.3. The zero-order valence-electron chi connectivity index (χ0n) is 19.6. The highest BCUT2D eigenvalue weighted by atomic mass is 16.5. The molecule has 0 saturated heterocycles. The summed E-state index contributed by atoms with van der Waals surface area (Å²) in [4.78, 5) is 24.5. The summed E-state index contributed by atoms with van der Waals surface area (Å²) < 4.78 is 31.8. The van der Waals surface area contributed by atoms with E-state index in [1.807, 2.05) is 0 Å². The van der Waals surface area contributed by atoms with E-state index in [4.69, 9.17) is 28.4 Å². The molecule has 0 unspecified atom stereocenters. The highest BCUT2D eigenvalue weighted by Gasteiger charge is 2.14. The molecular weight excluding hydrogens is 428 g/mol. The molecule has 0 atom stereocenters. The van der Waals surface area contributed by atoms with Crippen molar-refractivity contribution in [3.8, 4) is 34.5 Å². The number of benzene rings is 2. The molecule has 2 rings (SSSR count). The van der Waals surface area contributed by atoms with Gasteiger partial charge in [-0.3, -0.25) is 9.59 Å². The van der Waals surface area contributed by atoms with Crippen LogP contribution in [0.3, 0.4) is 0 Å². The molecule has 2 aromatic rings. The Bertz CT molecular complexity index is 919. The lowest BCUT2D eigenvalue weighted by molar-refractivity contribution is -0.121. The zero-order chi connectivity index (χ0) is 24.4. The second-order valence-corrected chi connectivity index (χ2v) is 6.69. The minimum atomic E-state index is -0.344. The van der Waals surface area contributed by atoms with E-state index < -0.39 is 0 Å². The second kappa shape index (κ2) is 12.2. The fourth-order valence-electron chi connectivity index (χ4n) is 3.06. The van der Waals surface area contributed by atoms with Crippen molar-refractivity contribution in [1.29, 1.82) is 0 Å². The standard InChI is InChI=1S/C25H28O8/c1-28-20-11-16(12-21(29-2)24(20)32-5)7-9-18(26)15-19(27)10-8-17-13-22(30-3)25(33-6)23(14-17)31-4/h7-14H,15H2,1-6H3/b9-7+,10-8+. The van der Waals surface area contributed by atoms with Gasteiger partial charge in [-0.15, -0.1) is 0 Å². The average molecular weight is 456 g/mol. The zero-order valence-corrected chi connectivity index (χ0v) is 19.6. The molecule has 0 aliphatic rings. The smallest absolute Gasteiger partial charge is 0.203 e. The Kier molecular flexibility index (Phi) is 9.35. The van der Waals surface area contributed by atoms with Crippen LogP contribution in [0.4, 0.5) is 0 Å². The highest BCUT2D eigenvalue weighted by molar-refractivity contribution is 6.10. The van der Waals surface area contributed by atoms with Crippen molar-refractivity contribution in [1.82, 2.24) is 0 Å². The SMILES string of the molecule is COc1cc(/C=C/C(=O)CC(=O)/C=C/c2cc(OC)c(OC)c(OC)c2)cc(OC)c1OC. The summed E-state index contributed by atoms with van der Waals surface area (Å²) in [6, 6.07) is 6.82. The van der Waals surface area contributed by atoms with E-state index in [9.17, 15) is 9.59 Å². The van der Waals surface area contributed by atoms with Crippen LogP contribution in [-0.2, 0) is 9.59 Å². The van der Waals surface area contributed by atoms with Crippen LogP contribution in [0.5, 0.6) is 34.5 Å². The Labute approximate surface area is 193 Å². The number of ketones is 2. The number of hydrogen-bond donors (Lipinski definition) is 0. The molecule has 2 aromatic carbocycles. The van der Waals surface area contributed by atoms with Gasteiger partial charge in [0.15, 0.2) is 34.6 Å². The van der Waals surface area contributed by atoms with Gasteiger partial charge in [-0.05, 0) is 47.5 Å². The molecule has 0 amide bonds. The topological polar surface area (TPSA) is 89.5 Å². The number of hydrogen-bond acceptors (Lipinski definition) is 8. The lowest BCUT2D eigenvalue weighted by Crippen LogP contribution is -2.02. The van der Waals surface area contributed by atoms with Crippen molar-refractivity contribution < 1.29 is 38.0 Å². The maximum absolute atomic E-state index is 12.3. The molecule has 33 heavy (non-hydrogen) atoms. The number of carbonyl (C=O) groups excluding carboxylic acids is 2. The number of carbonyl (C=O) groups is 2. The average Bonchev–Trinajstić information content (AvgIpc) is 2.84. The fraction of sp³-hybridized carbons (Fsp3) is 0.280. The summed E-state index contributed by atoms with van der Waals surface area (Å²) in [6.07, 6.45) is 5.58. The molecule has 0 aliphatic carbocycles.